The molecule has 2 aromatic rings. The Morgan fingerprint density at radius 3 is 1.32 bits per heavy atom. The quantitative estimate of drug-likeness (QED) is 0.306. The first-order valence-corrected chi connectivity index (χ1v) is 9.73. The fourth-order valence-corrected chi connectivity index (χ4v) is 2.65. The highest BCUT2D eigenvalue weighted by Crippen LogP contribution is 2.33. The number of rotatable bonds is 10. The molecule has 0 aliphatic heterocycles. The summed E-state index contributed by atoms with van der Waals surface area (Å²) in [4.78, 5) is 22.8. The van der Waals surface area contributed by atoms with Crippen molar-refractivity contribution in [2.24, 2.45) is 0 Å². The number of ether oxygens (including phenoxy) is 4. The molecule has 0 bridgehead atoms. The van der Waals surface area contributed by atoms with Crippen molar-refractivity contribution in [1.29, 1.82) is 0 Å². The zero-order chi connectivity index (χ0) is 23.0. The predicted molar refractivity (Wildman–Crippen MR) is 118 cm³/mol. The van der Waals surface area contributed by atoms with Crippen LogP contribution >= 0.6 is 0 Å². The van der Waals surface area contributed by atoms with Crippen LogP contribution in [0.3, 0.4) is 0 Å². The highest BCUT2D eigenvalue weighted by molar-refractivity contribution is 5.87. The van der Waals surface area contributed by atoms with Crippen LogP contribution in [-0.2, 0) is 24.5 Å². The largest absolute Gasteiger partial charge is 0.457 e. The monoisotopic (exact) mass is 424 g/mol. The van der Waals surface area contributed by atoms with Crippen LogP contribution in [0.1, 0.15) is 38.8 Å². The molecule has 0 fully saturated rings. The molecule has 2 rings (SSSR count). The summed E-state index contributed by atoms with van der Waals surface area (Å²) in [7, 11) is 0. The van der Waals surface area contributed by atoms with Crippen molar-refractivity contribution in [3.05, 3.63) is 84.0 Å². The average Bonchev–Trinajstić information content (AvgIpc) is 2.74. The van der Waals surface area contributed by atoms with Gasteiger partial charge in [0.1, 0.15) is 11.5 Å². The first-order chi connectivity index (χ1) is 14.6. The van der Waals surface area contributed by atoms with E-state index in [1.807, 2.05) is 48.5 Å². The molecular formula is C25H28O6. The zero-order valence-electron chi connectivity index (χ0n) is 18.4. The van der Waals surface area contributed by atoms with Gasteiger partial charge in [0.2, 0.25) is 13.6 Å². The number of benzene rings is 2. The van der Waals surface area contributed by atoms with Gasteiger partial charge in [-0.25, -0.2) is 9.59 Å². The van der Waals surface area contributed by atoms with E-state index in [0.717, 1.165) is 11.1 Å². The van der Waals surface area contributed by atoms with E-state index in [4.69, 9.17) is 18.9 Å². The van der Waals surface area contributed by atoms with Crippen molar-refractivity contribution >= 4 is 11.9 Å². The van der Waals surface area contributed by atoms with Gasteiger partial charge in [-0.1, -0.05) is 51.3 Å². The third-order valence-corrected chi connectivity index (χ3v) is 4.68. The molecule has 6 nitrogen and oxygen atoms in total. The molecule has 0 amide bonds. The Morgan fingerprint density at radius 1 is 0.710 bits per heavy atom. The molecule has 31 heavy (non-hydrogen) atoms. The molecule has 0 unspecified atom stereocenters. The SMILES string of the molecule is C=C(C)C(=O)OCOc1ccc(C(C)(C)c2ccc(OCOC(=O)C(=C)C)cc2)cc1. The zero-order valence-corrected chi connectivity index (χ0v) is 18.4. The van der Waals surface area contributed by atoms with Crippen LogP contribution in [0.4, 0.5) is 0 Å². The summed E-state index contributed by atoms with van der Waals surface area (Å²) in [6, 6.07) is 15.2. The second-order valence-corrected chi connectivity index (χ2v) is 7.62. The summed E-state index contributed by atoms with van der Waals surface area (Å²) in [5.74, 6) is 0.225. The van der Waals surface area contributed by atoms with Crippen LogP contribution in [0.15, 0.2) is 72.8 Å². The normalized spacial score (nSPS) is 10.7. The fourth-order valence-electron chi connectivity index (χ4n) is 2.65. The maximum Gasteiger partial charge on any atom is 0.335 e. The highest BCUT2D eigenvalue weighted by Gasteiger charge is 2.23. The summed E-state index contributed by atoms with van der Waals surface area (Å²) in [6.07, 6.45) is 0. The highest BCUT2D eigenvalue weighted by atomic mass is 16.7. The molecule has 0 heterocycles. The summed E-state index contributed by atoms with van der Waals surface area (Å²) >= 11 is 0. The lowest BCUT2D eigenvalue weighted by atomic mass is 9.78. The Hall–Kier alpha value is -3.54. The molecule has 0 aliphatic carbocycles. The molecule has 164 valence electrons. The van der Waals surface area contributed by atoms with E-state index >= 15 is 0 Å². The van der Waals surface area contributed by atoms with Crippen LogP contribution in [-0.4, -0.2) is 25.5 Å². The number of hydrogen-bond donors (Lipinski definition) is 0. The average molecular weight is 424 g/mol. The topological polar surface area (TPSA) is 71.1 Å². The van der Waals surface area contributed by atoms with Crippen molar-refractivity contribution in [1.82, 2.24) is 0 Å². The summed E-state index contributed by atoms with van der Waals surface area (Å²) in [5.41, 5.74) is 2.55. The molecule has 0 aliphatic rings. The van der Waals surface area contributed by atoms with Gasteiger partial charge in [0.05, 0.1) is 0 Å². The minimum Gasteiger partial charge on any atom is -0.457 e. The van der Waals surface area contributed by atoms with Crippen LogP contribution in [0.2, 0.25) is 0 Å². The second kappa shape index (κ2) is 10.5. The van der Waals surface area contributed by atoms with Crippen molar-refractivity contribution < 1.29 is 28.5 Å². The summed E-state index contributed by atoms with van der Waals surface area (Å²) in [5, 5.41) is 0. The Bertz CT molecular complexity index is 861. The van der Waals surface area contributed by atoms with Gasteiger partial charge < -0.3 is 18.9 Å². The van der Waals surface area contributed by atoms with E-state index in [0.29, 0.717) is 22.6 Å². The van der Waals surface area contributed by atoms with E-state index in [-0.39, 0.29) is 19.0 Å². The van der Waals surface area contributed by atoms with Gasteiger partial charge in [0.25, 0.3) is 0 Å². The lowest BCUT2D eigenvalue weighted by Gasteiger charge is -2.26. The second-order valence-electron chi connectivity index (χ2n) is 7.62. The third kappa shape index (κ3) is 6.74. The minimum absolute atomic E-state index is 0.169. The summed E-state index contributed by atoms with van der Waals surface area (Å²) < 4.78 is 20.8. The van der Waals surface area contributed by atoms with Crippen LogP contribution in [0, 0.1) is 0 Å². The molecule has 2 aromatic carbocycles. The van der Waals surface area contributed by atoms with E-state index < -0.39 is 11.9 Å². The molecule has 0 atom stereocenters. The van der Waals surface area contributed by atoms with E-state index in [2.05, 4.69) is 27.0 Å². The van der Waals surface area contributed by atoms with E-state index in [1.54, 1.807) is 13.8 Å². The fraction of sp³-hybridized carbons (Fsp3) is 0.280. The molecule has 0 N–H and O–H groups in total. The molecule has 0 saturated carbocycles. The van der Waals surface area contributed by atoms with Crippen LogP contribution < -0.4 is 9.47 Å². The molecule has 0 aromatic heterocycles. The Labute approximate surface area is 183 Å². The Kier molecular flexibility index (Phi) is 8.02. The first-order valence-electron chi connectivity index (χ1n) is 9.73. The Balaban J connectivity index is 1.96. The molecule has 6 heteroatoms. The predicted octanol–water partition coefficient (Wildman–Crippen LogP) is 4.92. The van der Waals surface area contributed by atoms with Crippen molar-refractivity contribution in [2.75, 3.05) is 13.6 Å². The van der Waals surface area contributed by atoms with Crippen molar-refractivity contribution in [2.45, 2.75) is 33.1 Å². The maximum atomic E-state index is 11.4. The number of esters is 2. The molecule has 0 radical (unpaired) electrons. The smallest absolute Gasteiger partial charge is 0.335 e. The van der Waals surface area contributed by atoms with E-state index in [1.165, 1.54) is 0 Å². The van der Waals surface area contributed by atoms with Gasteiger partial charge in [0, 0.05) is 16.6 Å². The van der Waals surface area contributed by atoms with Gasteiger partial charge in [0.15, 0.2) is 0 Å². The number of carbonyl (C=O) groups is 2. The summed E-state index contributed by atoms with van der Waals surface area (Å²) in [6.45, 7) is 14.1. The maximum absolute atomic E-state index is 11.4. The number of carbonyl (C=O) groups excluding carboxylic acids is 2. The van der Waals surface area contributed by atoms with Crippen LogP contribution in [0.25, 0.3) is 0 Å². The Morgan fingerprint density at radius 2 is 1.03 bits per heavy atom. The molecule has 0 saturated heterocycles. The van der Waals surface area contributed by atoms with Gasteiger partial charge in [-0.05, 0) is 49.2 Å². The molecular weight excluding hydrogens is 396 g/mol. The van der Waals surface area contributed by atoms with Gasteiger partial charge >= 0.3 is 11.9 Å². The van der Waals surface area contributed by atoms with Crippen molar-refractivity contribution in [3.8, 4) is 11.5 Å². The molecule has 0 spiro atoms. The van der Waals surface area contributed by atoms with Gasteiger partial charge in [-0.2, -0.15) is 0 Å². The van der Waals surface area contributed by atoms with E-state index in [9.17, 15) is 9.59 Å². The van der Waals surface area contributed by atoms with Gasteiger partial charge in [-0.15, -0.1) is 0 Å². The first kappa shape index (κ1) is 23.7. The number of hydrogen-bond acceptors (Lipinski definition) is 6. The third-order valence-electron chi connectivity index (χ3n) is 4.68. The standard InChI is InChI=1S/C25H28O6/c1-17(2)23(26)30-15-28-21-11-7-19(8-12-21)25(5,6)20-9-13-22(14-10-20)29-16-31-24(27)18(3)4/h7-14H,1,3,15-16H2,2,4-6H3. The lowest BCUT2D eigenvalue weighted by molar-refractivity contribution is -0.146. The van der Waals surface area contributed by atoms with Crippen LogP contribution in [0.5, 0.6) is 11.5 Å². The van der Waals surface area contributed by atoms with Gasteiger partial charge in [-0.3, -0.25) is 0 Å². The minimum atomic E-state index is -0.487. The lowest BCUT2D eigenvalue weighted by Crippen LogP contribution is -2.19. The van der Waals surface area contributed by atoms with Crippen molar-refractivity contribution in [3.63, 3.8) is 0 Å².